The number of carboxylic acids is 2. The monoisotopic (exact) mass is 356 g/mol. The Balaban J connectivity index is 3.34. The van der Waals surface area contributed by atoms with Crippen LogP contribution in [-0.2, 0) is 9.59 Å². The number of benzene rings is 1. The van der Waals surface area contributed by atoms with Gasteiger partial charge in [0.15, 0.2) is 0 Å². The van der Waals surface area contributed by atoms with Crippen LogP contribution in [-0.4, -0.2) is 22.2 Å². The van der Waals surface area contributed by atoms with Crippen molar-refractivity contribution in [3.05, 3.63) is 64.8 Å². The molecular formula is C22H28O4. The van der Waals surface area contributed by atoms with Crippen molar-refractivity contribution in [2.24, 2.45) is 0 Å². The number of unbranched alkanes of at least 4 members (excludes halogenated alkanes) is 2. The minimum Gasteiger partial charge on any atom is -0.478 e. The molecule has 0 spiro atoms. The molecule has 0 radical (unpaired) electrons. The summed E-state index contributed by atoms with van der Waals surface area (Å²) in [4.78, 5) is 23.1. The van der Waals surface area contributed by atoms with Gasteiger partial charge in [0.25, 0.3) is 0 Å². The molecule has 0 saturated heterocycles. The van der Waals surface area contributed by atoms with Gasteiger partial charge in [-0.3, -0.25) is 0 Å². The third-order valence-corrected chi connectivity index (χ3v) is 3.96. The van der Waals surface area contributed by atoms with E-state index in [1.54, 1.807) is 12.2 Å². The molecule has 1 aromatic rings. The first kappa shape index (κ1) is 21.4. The van der Waals surface area contributed by atoms with E-state index in [1.165, 1.54) is 0 Å². The summed E-state index contributed by atoms with van der Waals surface area (Å²) >= 11 is 0. The van der Waals surface area contributed by atoms with Crippen LogP contribution in [0.5, 0.6) is 0 Å². The lowest BCUT2D eigenvalue weighted by molar-refractivity contribution is -0.133. The maximum Gasteiger partial charge on any atom is 0.331 e. The molecule has 0 fully saturated rings. The Morgan fingerprint density at radius 1 is 0.846 bits per heavy atom. The topological polar surface area (TPSA) is 74.6 Å². The average Bonchev–Trinajstić information content (AvgIpc) is 2.62. The lowest BCUT2D eigenvalue weighted by Gasteiger charge is -2.06. The highest BCUT2D eigenvalue weighted by Crippen LogP contribution is 2.19. The fourth-order valence-corrected chi connectivity index (χ4v) is 2.49. The highest BCUT2D eigenvalue weighted by molar-refractivity contribution is 5.90. The highest BCUT2D eigenvalue weighted by atomic mass is 16.4. The summed E-state index contributed by atoms with van der Waals surface area (Å²) in [7, 11) is 0. The summed E-state index contributed by atoms with van der Waals surface area (Å²) in [6.45, 7) is 4.01. The van der Waals surface area contributed by atoms with E-state index >= 15 is 0 Å². The second-order valence-corrected chi connectivity index (χ2v) is 6.21. The molecule has 1 rings (SSSR count). The molecular weight excluding hydrogens is 328 g/mol. The van der Waals surface area contributed by atoms with Crippen molar-refractivity contribution in [2.75, 3.05) is 0 Å². The molecule has 140 valence electrons. The van der Waals surface area contributed by atoms with Crippen LogP contribution in [0.15, 0.2) is 59.2 Å². The summed E-state index contributed by atoms with van der Waals surface area (Å²) in [5.41, 5.74) is 2.09. The molecule has 1 aromatic carbocycles. The van der Waals surface area contributed by atoms with Gasteiger partial charge in [-0.25, -0.2) is 9.59 Å². The first-order valence-corrected chi connectivity index (χ1v) is 9.12. The van der Waals surface area contributed by atoms with Crippen molar-refractivity contribution >= 4 is 18.0 Å². The van der Waals surface area contributed by atoms with Crippen LogP contribution in [0, 0.1) is 0 Å². The third-order valence-electron chi connectivity index (χ3n) is 3.96. The molecule has 0 saturated carbocycles. The van der Waals surface area contributed by atoms with Crippen LogP contribution in [0.25, 0.3) is 6.08 Å². The molecule has 4 heteroatoms. The zero-order valence-corrected chi connectivity index (χ0v) is 15.6. The van der Waals surface area contributed by atoms with Gasteiger partial charge in [0.1, 0.15) is 0 Å². The second-order valence-electron chi connectivity index (χ2n) is 6.21. The van der Waals surface area contributed by atoms with E-state index in [9.17, 15) is 19.8 Å². The van der Waals surface area contributed by atoms with Crippen molar-refractivity contribution in [3.8, 4) is 0 Å². The number of carbonyl (C=O) groups is 2. The SMILES string of the molecule is CCCCC(=CC(=Cc1ccccc1)C=C(CCCC)C(=O)O)C(=O)O. The predicted molar refractivity (Wildman–Crippen MR) is 105 cm³/mol. The van der Waals surface area contributed by atoms with Crippen molar-refractivity contribution in [1.29, 1.82) is 0 Å². The van der Waals surface area contributed by atoms with Gasteiger partial charge in [-0.1, -0.05) is 57.0 Å². The Hall–Kier alpha value is -2.62. The van der Waals surface area contributed by atoms with Gasteiger partial charge < -0.3 is 10.2 Å². The quantitative estimate of drug-likeness (QED) is 0.407. The van der Waals surface area contributed by atoms with E-state index in [4.69, 9.17) is 0 Å². The summed E-state index contributed by atoms with van der Waals surface area (Å²) in [5, 5.41) is 18.9. The molecule has 2 N–H and O–H groups in total. The maximum absolute atomic E-state index is 11.6. The predicted octanol–water partition coefficient (Wildman–Crippen LogP) is 5.47. The van der Waals surface area contributed by atoms with Gasteiger partial charge in [0, 0.05) is 11.1 Å². The van der Waals surface area contributed by atoms with Crippen LogP contribution in [0.2, 0.25) is 0 Å². The Bertz CT molecular complexity index is 643. The molecule has 0 aliphatic rings. The maximum atomic E-state index is 11.6. The smallest absolute Gasteiger partial charge is 0.331 e. The summed E-state index contributed by atoms with van der Waals surface area (Å²) in [5.74, 6) is -1.92. The van der Waals surface area contributed by atoms with Crippen LogP contribution in [0.4, 0.5) is 0 Å². The van der Waals surface area contributed by atoms with E-state index in [1.807, 2.05) is 50.3 Å². The van der Waals surface area contributed by atoms with Gasteiger partial charge in [-0.2, -0.15) is 0 Å². The van der Waals surface area contributed by atoms with Gasteiger partial charge in [0.05, 0.1) is 0 Å². The first-order chi connectivity index (χ1) is 12.5. The van der Waals surface area contributed by atoms with E-state index in [0.717, 1.165) is 31.2 Å². The summed E-state index contributed by atoms with van der Waals surface area (Å²) in [6.07, 6.45) is 9.30. The number of carboxylic acid groups (broad SMARTS) is 2. The zero-order valence-electron chi connectivity index (χ0n) is 15.6. The van der Waals surface area contributed by atoms with Gasteiger partial charge in [-0.05, 0) is 55.0 Å². The second kappa shape index (κ2) is 11.9. The molecule has 0 atom stereocenters. The molecule has 0 aliphatic carbocycles. The molecule has 0 unspecified atom stereocenters. The Morgan fingerprint density at radius 3 is 1.69 bits per heavy atom. The normalized spacial score (nSPS) is 11.9. The third kappa shape index (κ3) is 7.97. The van der Waals surface area contributed by atoms with Crippen molar-refractivity contribution in [1.82, 2.24) is 0 Å². The lowest BCUT2D eigenvalue weighted by atomic mass is 10.00. The molecule has 0 amide bonds. The zero-order chi connectivity index (χ0) is 19.4. The molecule has 0 bridgehead atoms. The average molecular weight is 356 g/mol. The highest BCUT2D eigenvalue weighted by Gasteiger charge is 2.10. The van der Waals surface area contributed by atoms with Crippen LogP contribution >= 0.6 is 0 Å². The van der Waals surface area contributed by atoms with Crippen molar-refractivity contribution < 1.29 is 19.8 Å². The lowest BCUT2D eigenvalue weighted by Crippen LogP contribution is -2.03. The van der Waals surface area contributed by atoms with Crippen LogP contribution in [0.1, 0.15) is 57.9 Å². The van der Waals surface area contributed by atoms with Gasteiger partial charge >= 0.3 is 11.9 Å². The fraction of sp³-hybridized carbons (Fsp3) is 0.364. The largest absolute Gasteiger partial charge is 0.478 e. The molecule has 0 aliphatic heterocycles. The van der Waals surface area contributed by atoms with E-state index in [-0.39, 0.29) is 0 Å². The number of rotatable bonds is 11. The molecule has 26 heavy (non-hydrogen) atoms. The van der Waals surface area contributed by atoms with Crippen molar-refractivity contribution in [2.45, 2.75) is 52.4 Å². The summed E-state index contributed by atoms with van der Waals surface area (Å²) in [6, 6.07) is 9.49. The number of hydrogen-bond donors (Lipinski definition) is 2. The fourth-order valence-electron chi connectivity index (χ4n) is 2.49. The van der Waals surface area contributed by atoms with Gasteiger partial charge in [-0.15, -0.1) is 0 Å². The Labute approximate surface area is 155 Å². The number of hydrogen-bond acceptors (Lipinski definition) is 2. The Morgan fingerprint density at radius 2 is 1.31 bits per heavy atom. The van der Waals surface area contributed by atoms with Crippen molar-refractivity contribution in [3.63, 3.8) is 0 Å². The minimum absolute atomic E-state index is 0.297. The van der Waals surface area contributed by atoms with E-state index < -0.39 is 11.9 Å². The summed E-state index contributed by atoms with van der Waals surface area (Å²) < 4.78 is 0. The first-order valence-electron chi connectivity index (χ1n) is 9.12. The number of aliphatic carboxylic acids is 2. The van der Waals surface area contributed by atoms with E-state index in [0.29, 0.717) is 29.6 Å². The van der Waals surface area contributed by atoms with Crippen LogP contribution in [0.3, 0.4) is 0 Å². The number of allylic oxidation sites excluding steroid dienone is 3. The van der Waals surface area contributed by atoms with E-state index in [2.05, 4.69) is 0 Å². The Kier molecular flexibility index (Phi) is 9.77. The molecule has 4 nitrogen and oxygen atoms in total. The molecule has 0 heterocycles. The van der Waals surface area contributed by atoms with Gasteiger partial charge in [0.2, 0.25) is 0 Å². The minimum atomic E-state index is -0.962. The van der Waals surface area contributed by atoms with Crippen LogP contribution < -0.4 is 0 Å². The molecule has 0 aromatic heterocycles. The standard InChI is InChI=1S/C22H28O4/c1-3-5-12-19(21(23)24)15-18(14-17-10-8-7-9-11-17)16-20(22(25)26)13-6-4-2/h7-11,14-16H,3-6,12-13H2,1-2H3,(H,23,24)(H,25,26).